The van der Waals surface area contributed by atoms with E-state index in [-0.39, 0.29) is 5.56 Å². The number of hydrogen-bond acceptors (Lipinski definition) is 4. The minimum absolute atomic E-state index is 0.215. The topological polar surface area (TPSA) is 85.0 Å². The van der Waals surface area contributed by atoms with Gasteiger partial charge in [-0.2, -0.15) is 10.2 Å². The number of carbonyl (C=O) groups is 1. The van der Waals surface area contributed by atoms with E-state index in [4.69, 9.17) is 0 Å². The third kappa shape index (κ3) is 2.26. The van der Waals surface area contributed by atoms with Crippen LogP contribution in [0, 0.1) is 20.8 Å². The van der Waals surface area contributed by atoms with Crippen molar-refractivity contribution in [3.05, 3.63) is 28.2 Å². The molecular weight excluding hydrogens is 258 g/mol. The Morgan fingerprint density at radius 3 is 2.25 bits per heavy atom. The molecule has 0 aliphatic heterocycles. The first-order valence-electron chi connectivity index (χ1n) is 6.32. The smallest absolute Gasteiger partial charge is 0.341 e. The number of nitrogens with one attached hydrogen (secondary N) is 1. The molecule has 0 amide bonds. The number of anilines is 1. The van der Waals surface area contributed by atoms with Crippen molar-refractivity contribution in [1.82, 2.24) is 19.6 Å². The van der Waals surface area contributed by atoms with Gasteiger partial charge in [-0.1, -0.05) is 0 Å². The zero-order valence-electron chi connectivity index (χ0n) is 12.4. The lowest BCUT2D eigenvalue weighted by Crippen LogP contribution is -2.10. The van der Waals surface area contributed by atoms with E-state index >= 15 is 0 Å². The molecule has 20 heavy (non-hydrogen) atoms. The van der Waals surface area contributed by atoms with E-state index in [9.17, 15) is 9.90 Å². The molecule has 0 bridgehead atoms. The summed E-state index contributed by atoms with van der Waals surface area (Å²) in [5, 5.41) is 20.9. The summed E-state index contributed by atoms with van der Waals surface area (Å²) in [5.41, 5.74) is 3.79. The molecule has 0 aliphatic carbocycles. The number of nitrogens with zero attached hydrogens (tertiary/aromatic N) is 4. The van der Waals surface area contributed by atoms with Crippen LogP contribution in [0.5, 0.6) is 0 Å². The van der Waals surface area contributed by atoms with E-state index in [0.717, 1.165) is 17.0 Å². The van der Waals surface area contributed by atoms with E-state index in [1.54, 1.807) is 18.7 Å². The minimum atomic E-state index is -0.974. The van der Waals surface area contributed by atoms with Crippen molar-refractivity contribution >= 4 is 11.8 Å². The van der Waals surface area contributed by atoms with Crippen molar-refractivity contribution in [2.75, 3.05) is 5.32 Å². The van der Waals surface area contributed by atoms with Crippen molar-refractivity contribution in [3.8, 4) is 0 Å². The number of hydrogen-bond donors (Lipinski definition) is 2. The third-order valence-corrected chi connectivity index (χ3v) is 3.53. The molecule has 0 radical (unpaired) electrons. The molecule has 0 fully saturated rings. The molecule has 0 saturated heterocycles. The number of aryl methyl sites for hydroxylation is 4. The lowest BCUT2D eigenvalue weighted by Gasteiger charge is -2.08. The van der Waals surface area contributed by atoms with Gasteiger partial charge < -0.3 is 10.4 Å². The van der Waals surface area contributed by atoms with Crippen LogP contribution in [0.3, 0.4) is 0 Å². The minimum Gasteiger partial charge on any atom is -0.477 e. The number of aromatic carboxylic acids is 1. The summed E-state index contributed by atoms with van der Waals surface area (Å²) in [6.07, 6.45) is 0. The number of rotatable bonds is 4. The van der Waals surface area contributed by atoms with Crippen LogP contribution in [0.25, 0.3) is 0 Å². The molecule has 0 atom stereocenters. The van der Waals surface area contributed by atoms with E-state index in [1.165, 1.54) is 0 Å². The normalized spacial score (nSPS) is 10.8. The predicted molar refractivity (Wildman–Crippen MR) is 74.9 cm³/mol. The molecule has 7 heteroatoms. The monoisotopic (exact) mass is 277 g/mol. The molecule has 0 spiro atoms. The highest BCUT2D eigenvalue weighted by molar-refractivity contribution is 5.94. The van der Waals surface area contributed by atoms with Crippen LogP contribution in [0.2, 0.25) is 0 Å². The summed E-state index contributed by atoms with van der Waals surface area (Å²) >= 11 is 0. The summed E-state index contributed by atoms with van der Waals surface area (Å²) in [5.74, 6) is -0.463. The van der Waals surface area contributed by atoms with Crippen LogP contribution in [0.15, 0.2) is 0 Å². The number of carboxylic acid groups (broad SMARTS) is 1. The maximum absolute atomic E-state index is 11.3. The molecule has 2 heterocycles. The van der Waals surface area contributed by atoms with Crippen molar-refractivity contribution in [1.29, 1.82) is 0 Å². The summed E-state index contributed by atoms with van der Waals surface area (Å²) in [6, 6.07) is 0. The second kappa shape index (κ2) is 4.99. The molecule has 0 saturated carbocycles. The van der Waals surface area contributed by atoms with E-state index < -0.39 is 5.97 Å². The van der Waals surface area contributed by atoms with Gasteiger partial charge >= 0.3 is 5.97 Å². The first-order valence-corrected chi connectivity index (χ1v) is 6.32. The van der Waals surface area contributed by atoms with Crippen molar-refractivity contribution in [2.45, 2.75) is 27.3 Å². The molecule has 2 rings (SSSR count). The molecule has 2 N–H and O–H groups in total. The Labute approximate surface area is 117 Å². The van der Waals surface area contributed by atoms with Crippen molar-refractivity contribution in [2.24, 2.45) is 14.1 Å². The maximum atomic E-state index is 11.3. The Morgan fingerprint density at radius 1 is 1.15 bits per heavy atom. The van der Waals surface area contributed by atoms with E-state index in [0.29, 0.717) is 18.1 Å². The van der Waals surface area contributed by atoms with Crippen molar-refractivity contribution in [3.63, 3.8) is 0 Å². The van der Waals surface area contributed by atoms with Gasteiger partial charge in [0.1, 0.15) is 11.4 Å². The van der Waals surface area contributed by atoms with Crippen LogP contribution in [0.1, 0.15) is 33.0 Å². The largest absolute Gasteiger partial charge is 0.477 e. The van der Waals surface area contributed by atoms with Crippen LogP contribution >= 0.6 is 0 Å². The average molecular weight is 277 g/mol. The van der Waals surface area contributed by atoms with Gasteiger partial charge in [0.2, 0.25) is 0 Å². The van der Waals surface area contributed by atoms with Crippen molar-refractivity contribution < 1.29 is 9.90 Å². The number of carboxylic acids is 1. The van der Waals surface area contributed by atoms with Gasteiger partial charge in [0.05, 0.1) is 11.4 Å². The van der Waals surface area contributed by atoms with E-state index in [2.05, 4.69) is 15.5 Å². The fourth-order valence-electron chi connectivity index (χ4n) is 2.36. The summed E-state index contributed by atoms with van der Waals surface area (Å²) < 4.78 is 3.37. The summed E-state index contributed by atoms with van der Waals surface area (Å²) in [7, 11) is 3.62. The van der Waals surface area contributed by atoms with Gasteiger partial charge in [0.15, 0.2) is 0 Å². The van der Waals surface area contributed by atoms with Gasteiger partial charge in [0, 0.05) is 31.9 Å². The Morgan fingerprint density at radius 2 is 1.75 bits per heavy atom. The average Bonchev–Trinajstić information content (AvgIpc) is 2.75. The highest BCUT2D eigenvalue weighted by Crippen LogP contribution is 2.21. The molecule has 7 nitrogen and oxygen atoms in total. The lowest BCUT2D eigenvalue weighted by atomic mass is 10.2. The Hall–Kier alpha value is -2.31. The standard InChI is InChI=1S/C13H19N5O2/c1-7-10(9(3)17(4)15-7)6-14-12-11(13(19)20)8(2)16-18(12)5/h14H,6H2,1-5H3,(H,19,20). The summed E-state index contributed by atoms with van der Waals surface area (Å²) in [4.78, 5) is 11.3. The van der Waals surface area contributed by atoms with Crippen LogP contribution in [0.4, 0.5) is 5.82 Å². The summed E-state index contributed by atoms with van der Waals surface area (Å²) in [6.45, 7) is 6.14. The highest BCUT2D eigenvalue weighted by Gasteiger charge is 2.20. The molecule has 108 valence electrons. The maximum Gasteiger partial charge on any atom is 0.341 e. The van der Waals surface area contributed by atoms with E-state index in [1.807, 2.05) is 25.6 Å². The third-order valence-electron chi connectivity index (χ3n) is 3.53. The van der Waals surface area contributed by atoms with Crippen LogP contribution in [-0.2, 0) is 20.6 Å². The molecular formula is C13H19N5O2. The Bertz CT molecular complexity index is 669. The highest BCUT2D eigenvalue weighted by atomic mass is 16.4. The predicted octanol–water partition coefficient (Wildman–Crippen LogP) is 1.39. The first kappa shape index (κ1) is 14.1. The molecule has 2 aromatic rings. The van der Waals surface area contributed by atoms with Gasteiger partial charge in [0.25, 0.3) is 0 Å². The number of aromatic nitrogens is 4. The zero-order chi connectivity index (χ0) is 15.0. The lowest BCUT2D eigenvalue weighted by molar-refractivity contribution is 0.0697. The van der Waals surface area contributed by atoms with Crippen LogP contribution < -0.4 is 5.32 Å². The molecule has 0 unspecified atom stereocenters. The quantitative estimate of drug-likeness (QED) is 0.882. The molecule has 0 aromatic carbocycles. The molecule has 0 aliphatic rings. The van der Waals surface area contributed by atoms with Gasteiger partial charge in [-0.3, -0.25) is 9.36 Å². The second-order valence-corrected chi connectivity index (χ2v) is 4.86. The van der Waals surface area contributed by atoms with Crippen LogP contribution in [-0.4, -0.2) is 30.6 Å². The second-order valence-electron chi connectivity index (χ2n) is 4.86. The SMILES string of the molecule is Cc1nn(C)c(C)c1CNc1c(C(=O)O)c(C)nn1C. The fraction of sp³-hybridized carbons (Fsp3) is 0.462. The fourth-order valence-corrected chi connectivity index (χ4v) is 2.36. The van der Waals surface area contributed by atoms with Gasteiger partial charge in [-0.25, -0.2) is 4.79 Å². The molecule has 2 aromatic heterocycles. The van der Waals surface area contributed by atoms with Gasteiger partial charge in [-0.15, -0.1) is 0 Å². The van der Waals surface area contributed by atoms with Gasteiger partial charge in [-0.05, 0) is 20.8 Å². The first-order chi connectivity index (χ1) is 9.32. The Kier molecular flexibility index (Phi) is 3.52. The zero-order valence-corrected chi connectivity index (χ0v) is 12.4. The Balaban J connectivity index is 2.30.